The molecule has 1 aliphatic carbocycles. The number of carbonyl (C=O) groups is 1. The molecule has 1 N–H and O–H groups in total. The van der Waals surface area contributed by atoms with Gasteiger partial charge in [-0.3, -0.25) is 14.7 Å². The number of anilines is 1. The van der Waals surface area contributed by atoms with E-state index in [4.69, 9.17) is 4.98 Å². The number of fused-ring (bicyclic) bond motifs is 3. The number of nitrogens with zero attached hydrogens (tertiary/aromatic N) is 5. The van der Waals surface area contributed by atoms with Gasteiger partial charge in [0.15, 0.2) is 0 Å². The van der Waals surface area contributed by atoms with Gasteiger partial charge in [-0.05, 0) is 42.7 Å². The minimum atomic E-state index is -0.430. The second kappa shape index (κ2) is 8.96. The van der Waals surface area contributed by atoms with Gasteiger partial charge in [-0.25, -0.2) is 4.98 Å². The molecule has 2 atom stereocenters. The molecule has 0 spiro atoms. The van der Waals surface area contributed by atoms with Gasteiger partial charge >= 0.3 is 0 Å². The molecule has 7 nitrogen and oxygen atoms in total. The first-order chi connectivity index (χ1) is 16.7. The lowest BCUT2D eigenvalue weighted by atomic mass is 9.91. The lowest BCUT2D eigenvalue weighted by Gasteiger charge is -2.35. The van der Waals surface area contributed by atoms with Crippen molar-refractivity contribution >= 4 is 22.6 Å². The van der Waals surface area contributed by atoms with Gasteiger partial charge in [0.25, 0.3) is 5.91 Å². The summed E-state index contributed by atoms with van der Waals surface area (Å²) in [5.41, 5.74) is 3.88. The Morgan fingerprint density at radius 2 is 1.79 bits per heavy atom. The van der Waals surface area contributed by atoms with Crippen molar-refractivity contribution in [2.24, 2.45) is 0 Å². The third-order valence-electron chi connectivity index (χ3n) is 7.74. The highest BCUT2D eigenvalue weighted by Gasteiger charge is 2.38. The van der Waals surface area contributed by atoms with Crippen molar-refractivity contribution < 1.29 is 9.90 Å². The van der Waals surface area contributed by atoms with Crippen molar-refractivity contribution in [1.82, 2.24) is 19.8 Å². The Kier molecular flexibility index (Phi) is 5.67. The first kappa shape index (κ1) is 21.5. The van der Waals surface area contributed by atoms with Gasteiger partial charge in [-0.15, -0.1) is 0 Å². The Bertz CT molecular complexity index is 1190. The second-order valence-electron chi connectivity index (χ2n) is 9.76. The van der Waals surface area contributed by atoms with Crippen LogP contribution in [0.25, 0.3) is 10.9 Å². The van der Waals surface area contributed by atoms with Crippen molar-refractivity contribution in [2.75, 3.05) is 31.1 Å². The molecule has 2 unspecified atom stereocenters. The van der Waals surface area contributed by atoms with Gasteiger partial charge in [0.2, 0.25) is 0 Å². The summed E-state index contributed by atoms with van der Waals surface area (Å²) in [6, 6.07) is 12.2. The van der Waals surface area contributed by atoms with Crippen LogP contribution in [-0.4, -0.2) is 69.1 Å². The fourth-order valence-electron chi connectivity index (χ4n) is 5.89. The van der Waals surface area contributed by atoms with E-state index in [1.54, 1.807) is 0 Å². The maximum absolute atomic E-state index is 13.5. The molecule has 7 heteroatoms. The molecular weight excluding hydrogens is 426 g/mol. The quantitative estimate of drug-likeness (QED) is 0.649. The molecular formula is C27H31N5O2. The molecule has 1 amide bonds. The number of carbonyl (C=O) groups excluding carboxylic acids is 1. The maximum atomic E-state index is 13.5. The monoisotopic (exact) mass is 457 g/mol. The summed E-state index contributed by atoms with van der Waals surface area (Å²) in [5, 5.41) is 11.7. The number of amides is 1. The number of rotatable bonds is 4. The molecule has 34 heavy (non-hydrogen) atoms. The Morgan fingerprint density at radius 1 is 0.971 bits per heavy atom. The SMILES string of the molecule is O=C1c2cc(CN3CCN(c4ccccn4)CC3)c3cccnc3c2CN1C1CCCCC1O. The number of pyridine rings is 2. The van der Waals surface area contributed by atoms with E-state index in [9.17, 15) is 9.90 Å². The Labute approximate surface area is 200 Å². The highest BCUT2D eigenvalue weighted by Crippen LogP contribution is 2.36. The fourth-order valence-corrected chi connectivity index (χ4v) is 5.89. The lowest BCUT2D eigenvalue weighted by molar-refractivity contribution is 0.0192. The topological polar surface area (TPSA) is 72.8 Å². The summed E-state index contributed by atoms with van der Waals surface area (Å²) >= 11 is 0. The van der Waals surface area contributed by atoms with E-state index in [1.807, 2.05) is 35.5 Å². The van der Waals surface area contributed by atoms with Gasteiger partial charge in [-0.1, -0.05) is 25.0 Å². The molecule has 1 saturated carbocycles. The number of aromatic nitrogens is 2. The molecule has 2 fully saturated rings. The van der Waals surface area contributed by atoms with Crippen LogP contribution in [0.5, 0.6) is 0 Å². The number of benzene rings is 1. The standard InChI is InChI=1S/C27H31N5O2/c33-24-8-2-1-7-23(24)32-18-22-21(27(32)34)16-19(20-6-5-11-29-26(20)22)17-30-12-14-31(15-13-30)25-9-3-4-10-28-25/h3-6,9-11,16,23-24,33H,1-2,7-8,12-15,17-18H2. The van der Waals surface area contributed by atoms with Gasteiger partial charge in [-0.2, -0.15) is 0 Å². The lowest BCUT2D eigenvalue weighted by Crippen LogP contribution is -2.46. The minimum absolute atomic E-state index is 0.0507. The van der Waals surface area contributed by atoms with Crippen LogP contribution < -0.4 is 4.90 Å². The van der Waals surface area contributed by atoms with Crippen LogP contribution in [0.15, 0.2) is 48.8 Å². The number of aliphatic hydroxyl groups excluding tert-OH is 1. The first-order valence-corrected chi connectivity index (χ1v) is 12.5. The molecule has 6 rings (SSSR count). The van der Waals surface area contributed by atoms with Crippen LogP contribution in [0.2, 0.25) is 0 Å². The summed E-state index contributed by atoms with van der Waals surface area (Å²) in [4.78, 5) is 29.4. The number of hydrogen-bond donors (Lipinski definition) is 1. The van der Waals surface area contributed by atoms with Crippen molar-refractivity contribution in [3.05, 3.63) is 65.5 Å². The average molecular weight is 458 g/mol. The molecule has 2 aliphatic heterocycles. The third-order valence-corrected chi connectivity index (χ3v) is 7.74. The van der Waals surface area contributed by atoms with E-state index in [0.29, 0.717) is 6.54 Å². The minimum Gasteiger partial charge on any atom is -0.391 e. The van der Waals surface area contributed by atoms with Gasteiger partial charge in [0, 0.05) is 68.2 Å². The molecule has 176 valence electrons. The van der Waals surface area contributed by atoms with Crippen LogP contribution in [0.3, 0.4) is 0 Å². The Hall–Kier alpha value is -3.03. The zero-order valence-corrected chi connectivity index (χ0v) is 19.4. The van der Waals surface area contributed by atoms with Crippen molar-refractivity contribution in [2.45, 2.75) is 50.9 Å². The zero-order valence-electron chi connectivity index (χ0n) is 19.4. The zero-order chi connectivity index (χ0) is 23.1. The number of piperazine rings is 1. The predicted molar refractivity (Wildman–Crippen MR) is 132 cm³/mol. The van der Waals surface area contributed by atoms with E-state index >= 15 is 0 Å². The van der Waals surface area contributed by atoms with Gasteiger partial charge in [0.05, 0.1) is 17.7 Å². The summed E-state index contributed by atoms with van der Waals surface area (Å²) < 4.78 is 0. The highest BCUT2D eigenvalue weighted by atomic mass is 16.3. The van der Waals surface area contributed by atoms with Crippen molar-refractivity contribution in [3.63, 3.8) is 0 Å². The fraction of sp³-hybridized carbons (Fsp3) is 0.444. The van der Waals surface area contributed by atoms with Crippen LogP contribution in [0.1, 0.15) is 47.2 Å². The third kappa shape index (κ3) is 3.83. The maximum Gasteiger partial charge on any atom is 0.254 e. The molecule has 3 aliphatic rings. The summed E-state index contributed by atoms with van der Waals surface area (Å²) in [7, 11) is 0. The van der Waals surface area contributed by atoms with Crippen LogP contribution in [-0.2, 0) is 13.1 Å². The van der Waals surface area contributed by atoms with E-state index in [1.165, 1.54) is 0 Å². The summed E-state index contributed by atoms with van der Waals surface area (Å²) in [6.07, 6.45) is 6.99. The molecule has 3 aromatic rings. The molecule has 0 bridgehead atoms. The summed E-state index contributed by atoms with van der Waals surface area (Å²) in [6.45, 7) is 5.11. The van der Waals surface area contributed by atoms with E-state index in [2.05, 4.69) is 33.0 Å². The molecule has 1 aromatic carbocycles. The number of aliphatic hydroxyl groups is 1. The van der Waals surface area contributed by atoms with Crippen molar-refractivity contribution in [1.29, 1.82) is 0 Å². The van der Waals surface area contributed by atoms with E-state index in [-0.39, 0.29) is 11.9 Å². The molecule has 2 aromatic heterocycles. The second-order valence-corrected chi connectivity index (χ2v) is 9.76. The van der Waals surface area contributed by atoms with E-state index in [0.717, 1.165) is 91.8 Å². The largest absolute Gasteiger partial charge is 0.391 e. The molecule has 1 saturated heterocycles. The summed E-state index contributed by atoms with van der Waals surface area (Å²) in [5.74, 6) is 1.08. The van der Waals surface area contributed by atoms with Gasteiger partial charge < -0.3 is 14.9 Å². The van der Waals surface area contributed by atoms with Crippen LogP contribution in [0, 0.1) is 0 Å². The number of hydrogen-bond acceptors (Lipinski definition) is 6. The average Bonchev–Trinajstić information content (AvgIpc) is 3.21. The Balaban J connectivity index is 1.25. The van der Waals surface area contributed by atoms with Gasteiger partial charge in [0.1, 0.15) is 5.82 Å². The Morgan fingerprint density at radius 3 is 2.59 bits per heavy atom. The first-order valence-electron chi connectivity index (χ1n) is 12.5. The van der Waals surface area contributed by atoms with Crippen LogP contribution >= 0.6 is 0 Å². The highest BCUT2D eigenvalue weighted by molar-refractivity contribution is 6.04. The van der Waals surface area contributed by atoms with Crippen LogP contribution in [0.4, 0.5) is 5.82 Å². The normalized spacial score (nSPS) is 23.5. The molecule has 0 radical (unpaired) electrons. The predicted octanol–water partition coefficient (Wildman–Crippen LogP) is 3.21. The van der Waals surface area contributed by atoms with E-state index < -0.39 is 6.10 Å². The van der Waals surface area contributed by atoms with Crippen molar-refractivity contribution in [3.8, 4) is 0 Å². The molecule has 4 heterocycles. The smallest absolute Gasteiger partial charge is 0.254 e.